The largest absolute Gasteiger partial charge is 0.307 e. The number of nitrogens with zero attached hydrogens (tertiary/aromatic N) is 2. The van der Waals surface area contributed by atoms with Gasteiger partial charge in [-0.3, -0.25) is 9.78 Å². The van der Waals surface area contributed by atoms with E-state index >= 15 is 0 Å². The third-order valence-electron chi connectivity index (χ3n) is 3.58. The van der Waals surface area contributed by atoms with E-state index in [1.165, 1.54) is 18.3 Å². The van der Waals surface area contributed by atoms with Crippen LogP contribution in [0.5, 0.6) is 0 Å². The molecule has 25 heavy (non-hydrogen) atoms. The van der Waals surface area contributed by atoms with Gasteiger partial charge in [-0.25, -0.2) is 13.8 Å². The molecule has 0 unspecified atom stereocenters. The number of hydrogen-bond acceptors (Lipinski definition) is 3. The lowest BCUT2D eigenvalue weighted by Crippen LogP contribution is -2.14. The summed E-state index contributed by atoms with van der Waals surface area (Å²) < 4.78 is 28.2. The highest BCUT2D eigenvalue weighted by Gasteiger charge is 2.18. The summed E-state index contributed by atoms with van der Waals surface area (Å²) >= 11 is 5.76. The van der Waals surface area contributed by atoms with Crippen molar-refractivity contribution >= 4 is 23.3 Å². The van der Waals surface area contributed by atoms with Gasteiger partial charge in [-0.05, 0) is 42.8 Å². The van der Waals surface area contributed by atoms with E-state index in [1.54, 1.807) is 31.3 Å². The summed E-state index contributed by atoms with van der Waals surface area (Å²) in [6.07, 6.45) is 2.97. The molecule has 2 aromatic heterocycles. The van der Waals surface area contributed by atoms with E-state index in [-0.39, 0.29) is 22.1 Å². The first-order valence-corrected chi connectivity index (χ1v) is 7.67. The number of carbonyl (C=O) groups is 1. The van der Waals surface area contributed by atoms with Gasteiger partial charge >= 0.3 is 0 Å². The summed E-state index contributed by atoms with van der Waals surface area (Å²) in [6.45, 7) is 1.75. The Balaban J connectivity index is 2.00. The number of anilines is 1. The molecule has 3 aromatic rings. The summed E-state index contributed by atoms with van der Waals surface area (Å²) in [4.78, 5) is 20.2. The number of amides is 1. The highest BCUT2D eigenvalue weighted by Crippen LogP contribution is 2.28. The Morgan fingerprint density at radius 2 is 1.96 bits per heavy atom. The molecule has 0 fully saturated rings. The number of nitrogens with one attached hydrogen (secondary N) is 1. The van der Waals surface area contributed by atoms with Gasteiger partial charge < -0.3 is 5.32 Å². The SMILES string of the molecule is Cc1ccncc1-c1cc(C(=O)Nc2cccc(Cl)n2)cc(F)c1F. The van der Waals surface area contributed by atoms with Gasteiger partial charge in [0.05, 0.1) is 0 Å². The number of halogens is 3. The number of rotatable bonds is 3. The second kappa shape index (κ2) is 6.94. The lowest BCUT2D eigenvalue weighted by molar-refractivity contribution is 0.102. The molecule has 0 radical (unpaired) electrons. The Morgan fingerprint density at radius 1 is 1.16 bits per heavy atom. The number of carbonyl (C=O) groups excluding carboxylic acids is 1. The number of benzene rings is 1. The highest BCUT2D eigenvalue weighted by atomic mass is 35.5. The molecule has 4 nitrogen and oxygen atoms in total. The summed E-state index contributed by atoms with van der Waals surface area (Å²) in [7, 11) is 0. The molecule has 0 spiro atoms. The van der Waals surface area contributed by atoms with Gasteiger partial charge in [-0.15, -0.1) is 0 Å². The minimum atomic E-state index is -1.12. The number of aromatic nitrogens is 2. The predicted octanol–water partition coefficient (Wildman–Crippen LogP) is 4.64. The van der Waals surface area contributed by atoms with Gasteiger partial charge in [-0.1, -0.05) is 17.7 Å². The Hall–Kier alpha value is -2.86. The van der Waals surface area contributed by atoms with Crippen LogP contribution in [-0.2, 0) is 0 Å². The van der Waals surface area contributed by atoms with Crippen LogP contribution in [0.15, 0.2) is 48.8 Å². The van der Waals surface area contributed by atoms with E-state index in [0.717, 1.165) is 6.07 Å². The average Bonchev–Trinajstić information content (AvgIpc) is 2.58. The van der Waals surface area contributed by atoms with Crippen molar-refractivity contribution in [1.82, 2.24) is 9.97 Å². The van der Waals surface area contributed by atoms with Crippen molar-refractivity contribution in [3.63, 3.8) is 0 Å². The average molecular weight is 360 g/mol. The first kappa shape index (κ1) is 17.0. The lowest BCUT2D eigenvalue weighted by atomic mass is 9.99. The second-order valence-corrected chi connectivity index (χ2v) is 5.70. The Labute approximate surface area is 147 Å². The molecule has 0 aliphatic rings. The zero-order chi connectivity index (χ0) is 18.0. The van der Waals surface area contributed by atoms with Crippen LogP contribution in [-0.4, -0.2) is 15.9 Å². The molecular formula is C18H12ClF2N3O. The van der Waals surface area contributed by atoms with Crippen LogP contribution in [0.4, 0.5) is 14.6 Å². The van der Waals surface area contributed by atoms with Crippen LogP contribution >= 0.6 is 11.6 Å². The van der Waals surface area contributed by atoms with Crippen molar-refractivity contribution in [2.24, 2.45) is 0 Å². The first-order valence-electron chi connectivity index (χ1n) is 7.29. The van der Waals surface area contributed by atoms with Crippen molar-refractivity contribution in [3.8, 4) is 11.1 Å². The maximum atomic E-state index is 14.2. The van der Waals surface area contributed by atoms with Gasteiger partial charge in [0, 0.05) is 29.1 Å². The van der Waals surface area contributed by atoms with Gasteiger partial charge in [0.15, 0.2) is 11.6 Å². The van der Waals surface area contributed by atoms with Crippen LogP contribution in [0.3, 0.4) is 0 Å². The summed E-state index contributed by atoms with van der Waals surface area (Å²) in [6, 6.07) is 8.50. The number of hydrogen-bond donors (Lipinski definition) is 1. The summed E-state index contributed by atoms with van der Waals surface area (Å²) in [5.74, 6) is -2.57. The predicted molar refractivity (Wildman–Crippen MR) is 91.5 cm³/mol. The molecule has 7 heteroatoms. The number of pyridine rings is 2. The number of aryl methyl sites for hydroxylation is 1. The topological polar surface area (TPSA) is 54.9 Å². The molecule has 0 atom stereocenters. The highest BCUT2D eigenvalue weighted by molar-refractivity contribution is 6.29. The molecule has 2 heterocycles. The molecule has 1 N–H and O–H groups in total. The molecule has 126 valence electrons. The van der Waals surface area contributed by atoms with Crippen molar-refractivity contribution in [3.05, 3.63) is 76.7 Å². The minimum Gasteiger partial charge on any atom is -0.307 e. The normalized spacial score (nSPS) is 10.6. The van der Waals surface area contributed by atoms with Crippen LogP contribution in [0, 0.1) is 18.6 Å². The molecule has 0 saturated carbocycles. The molecule has 1 aromatic carbocycles. The Bertz CT molecular complexity index is 963. The maximum absolute atomic E-state index is 14.2. The molecule has 0 saturated heterocycles. The van der Waals surface area contributed by atoms with Crippen molar-refractivity contribution in [2.45, 2.75) is 6.92 Å². The Kier molecular flexibility index (Phi) is 4.72. The van der Waals surface area contributed by atoms with E-state index in [1.807, 2.05) is 0 Å². The fourth-order valence-electron chi connectivity index (χ4n) is 2.33. The van der Waals surface area contributed by atoms with E-state index < -0.39 is 17.5 Å². The minimum absolute atomic E-state index is 0.0326. The third-order valence-corrected chi connectivity index (χ3v) is 3.79. The molecule has 0 bridgehead atoms. The standard InChI is InChI=1S/C18H12ClF2N3O/c1-10-5-6-22-9-13(10)12-7-11(8-14(20)17(12)21)18(25)24-16-4-2-3-15(19)23-16/h2-9H,1H3,(H,23,24,25). The van der Waals surface area contributed by atoms with E-state index in [0.29, 0.717) is 11.1 Å². The molecule has 3 rings (SSSR count). The van der Waals surface area contributed by atoms with E-state index in [4.69, 9.17) is 11.6 Å². The summed E-state index contributed by atoms with van der Waals surface area (Å²) in [5.41, 5.74) is 1.05. The van der Waals surface area contributed by atoms with E-state index in [9.17, 15) is 13.6 Å². The van der Waals surface area contributed by atoms with Gasteiger partial charge in [-0.2, -0.15) is 0 Å². The van der Waals surface area contributed by atoms with Crippen LogP contribution in [0.1, 0.15) is 15.9 Å². The fourth-order valence-corrected chi connectivity index (χ4v) is 2.49. The zero-order valence-corrected chi connectivity index (χ0v) is 13.8. The van der Waals surface area contributed by atoms with Crippen LogP contribution in [0.25, 0.3) is 11.1 Å². The third kappa shape index (κ3) is 3.64. The van der Waals surface area contributed by atoms with Crippen LogP contribution in [0.2, 0.25) is 5.15 Å². The van der Waals surface area contributed by atoms with Gasteiger partial charge in [0.1, 0.15) is 11.0 Å². The van der Waals surface area contributed by atoms with Gasteiger partial charge in [0.25, 0.3) is 5.91 Å². The van der Waals surface area contributed by atoms with Crippen molar-refractivity contribution < 1.29 is 13.6 Å². The smallest absolute Gasteiger partial charge is 0.256 e. The lowest BCUT2D eigenvalue weighted by Gasteiger charge is -2.10. The summed E-state index contributed by atoms with van der Waals surface area (Å²) in [5, 5.41) is 2.70. The fraction of sp³-hybridized carbons (Fsp3) is 0.0556. The quantitative estimate of drug-likeness (QED) is 0.693. The molecule has 1 amide bonds. The Morgan fingerprint density at radius 3 is 2.68 bits per heavy atom. The maximum Gasteiger partial charge on any atom is 0.256 e. The molecular weight excluding hydrogens is 348 g/mol. The van der Waals surface area contributed by atoms with Crippen LogP contribution < -0.4 is 5.32 Å². The van der Waals surface area contributed by atoms with Gasteiger partial charge in [0.2, 0.25) is 0 Å². The first-order chi connectivity index (χ1) is 12.0. The van der Waals surface area contributed by atoms with E-state index in [2.05, 4.69) is 15.3 Å². The molecule has 0 aliphatic carbocycles. The monoisotopic (exact) mass is 359 g/mol. The van der Waals surface area contributed by atoms with Crippen molar-refractivity contribution in [2.75, 3.05) is 5.32 Å². The zero-order valence-electron chi connectivity index (χ0n) is 13.1. The van der Waals surface area contributed by atoms with Crippen molar-refractivity contribution in [1.29, 1.82) is 0 Å². The molecule has 0 aliphatic heterocycles. The second-order valence-electron chi connectivity index (χ2n) is 5.31.